The van der Waals surface area contributed by atoms with Gasteiger partial charge >= 0.3 is 11.9 Å². The number of morpholine rings is 2. The van der Waals surface area contributed by atoms with Crippen molar-refractivity contribution < 1.29 is 29.3 Å². The molecule has 8 heteroatoms. The summed E-state index contributed by atoms with van der Waals surface area (Å²) in [6, 6.07) is -0.705. The van der Waals surface area contributed by atoms with Crippen molar-refractivity contribution in [1.29, 1.82) is 0 Å². The summed E-state index contributed by atoms with van der Waals surface area (Å²) in [6.45, 7) is 11.4. The molecule has 0 saturated carbocycles. The molecule has 2 N–H and O–H groups in total. The van der Waals surface area contributed by atoms with Gasteiger partial charge in [-0.2, -0.15) is 0 Å². The zero-order valence-corrected chi connectivity index (χ0v) is 18.4. The van der Waals surface area contributed by atoms with E-state index < -0.39 is 12.2 Å². The van der Waals surface area contributed by atoms with Gasteiger partial charge < -0.3 is 19.7 Å². The Morgan fingerprint density at radius 1 is 0.931 bits per heavy atom. The van der Waals surface area contributed by atoms with Gasteiger partial charge in [-0.3, -0.25) is 19.4 Å². The van der Waals surface area contributed by atoms with Crippen molar-refractivity contribution in [2.24, 2.45) is 5.92 Å². The van der Waals surface area contributed by atoms with Crippen molar-refractivity contribution in [2.45, 2.75) is 90.4 Å². The van der Waals surface area contributed by atoms with E-state index in [9.17, 15) is 19.8 Å². The Labute approximate surface area is 174 Å². The van der Waals surface area contributed by atoms with E-state index in [1.807, 2.05) is 30.6 Å². The lowest BCUT2D eigenvalue weighted by molar-refractivity contribution is -0.169. The molecule has 0 bridgehead atoms. The number of hydrogen-bond donors (Lipinski definition) is 2. The van der Waals surface area contributed by atoms with Crippen molar-refractivity contribution in [2.75, 3.05) is 26.2 Å². The molecule has 168 valence electrons. The van der Waals surface area contributed by atoms with Crippen LogP contribution in [-0.4, -0.2) is 94.6 Å². The highest BCUT2D eigenvalue weighted by molar-refractivity contribution is 5.77. The second-order valence-corrected chi connectivity index (χ2v) is 8.93. The van der Waals surface area contributed by atoms with Crippen LogP contribution in [0.3, 0.4) is 0 Å². The first-order valence-electron chi connectivity index (χ1n) is 10.8. The highest BCUT2D eigenvalue weighted by atomic mass is 16.6. The highest BCUT2D eigenvalue weighted by Crippen LogP contribution is 2.24. The summed E-state index contributed by atoms with van der Waals surface area (Å²) >= 11 is 0. The summed E-state index contributed by atoms with van der Waals surface area (Å²) < 4.78 is 10.6. The van der Waals surface area contributed by atoms with Crippen LogP contribution < -0.4 is 0 Å². The molecule has 0 aromatic heterocycles. The van der Waals surface area contributed by atoms with Gasteiger partial charge in [-0.1, -0.05) is 13.3 Å². The first-order valence-corrected chi connectivity index (χ1v) is 10.8. The average Bonchev–Trinajstić information content (AvgIpc) is 2.58. The third kappa shape index (κ3) is 6.91. The molecule has 2 rings (SSSR count). The predicted octanol–water partition coefficient (Wildman–Crippen LogP) is 0.786. The van der Waals surface area contributed by atoms with Gasteiger partial charge in [0, 0.05) is 26.2 Å². The molecule has 8 nitrogen and oxygen atoms in total. The van der Waals surface area contributed by atoms with E-state index in [1.165, 1.54) is 0 Å². The van der Waals surface area contributed by atoms with Gasteiger partial charge in [0.05, 0.1) is 12.2 Å². The standard InChI is InChI=1S/C21H38N2O6/c1-13(19-21(27)29-16(4)11-23(19)9-14(2)24)7-6-8-18(25)12-22-10-15(3)28-20(26)17(22)5/h13-19,24-25H,6-12H2,1-5H3. The predicted molar refractivity (Wildman–Crippen MR) is 108 cm³/mol. The van der Waals surface area contributed by atoms with Crippen LogP contribution in [0.4, 0.5) is 0 Å². The summed E-state index contributed by atoms with van der Waals surface area (Å²) in [4.78, 5) is 28.3. The molecule has 0 aromatic carbocycles. The molecule has 7 atom stereocenters. The Kier molecular flexibility index (Phi) is 8.88. The van der Waals surface area contributed by atoms with Crippen molar-refractivity contribution in [3.8, 4) is 0 Å². The van der Waals surface area contributed by atoms with E-state index in [0.717, 1.165) is 12.8 Å². The molecule has 2 saturated heterocycles. The molecule has 0 spiro atoms. The van der Waals surface area contributed by atoms with Crippen molar-refractivity contribution in [3.05, 3.63) is 0 Å². The second kappa shape index (κ2) is 10.7. The third-order valence-corrected chi connectivity index (χ3v) is 5.82. The first-order chi connectivity index (χ1) is 13.6. The largest absolute Gasteiger partial charge is 0.460 e. The monoisotopic (exact) mass is 414 g/mol. The maximum absolute atomic E-state index is 12.5. The van der Waals surface area contributed by atoms with Crippen molar-refractivity contribution in [3.63, 3.8) is 0 Å². The van der Waals surface area contributed by atoms with E-state index in [-0.39, 0.29) is 42.1 Å². The topological polar surface area (TPSA) is 99.5 Å². The van der Waals surface area contributed by atoms with Crippen LogP contribution in [0.15, 0.2) is 0 Å². The normalized spacial score (nSPS) is 32.4. The van der Waals surface area contributed by atoms with Crippen LogP contribution in [0.2, 0.25) is 0 Å². The van der Waals surface area contributed by atoms with Crippen LogP contribution >= 0.6 is 0 Å². The molecule has 2 aliphatic rings. The van der Waals surface area contributed by atoms with E-state index in [0.29, 0.717) is 32.6 Å². The molecule has 0 aliphatic carbocycles. The summed E-state index contributed by atoms with van der Waals surface area (Å²) in [5.74, 6) is -0.412. The molecule has 2 fully saturated rings. The summed E-state index contributed by atoms with van der Waals surface area (Å²) in [5.41, 5.74) is 0. The van der Waals surface area contributed by atoms with E-state index in [4.69, 9.17) is 9.47 Å². The number of carbonyl (C=O) groups is 2. The van der Waals surface area contributed by atoms with Gasteiger partial charge in [0.15, 0.2) is 0 Å². The lowest BCUT2D eigenvalue weighted by atomic mass is 9.92. The molecule has 2 heterocycles. The molecule has 0 radical (unpaired) electrons. The fraction of sp³-hybridized carbons (Fsp3) is 0.905. The Balaban J connectivity index is 1.82. The lowest BCUT2D eigenvalue weighted by Crippen LogP contribution is -2.56. The van der Waals surface area contributed by atoms with Crippen LogP contribution in [0.25, 0.3) is 0 Å². The van der Waals surface area contributed by atoms with Crippen LogP contribution in [-0.2, 0) is 19.1 Å². The summed E-state index contributed by atoms with van der Waals surface area (Å²) in [6.07, 6.45) is 0.769. The first kappa shape index (κ1) is 24.1. The molecule has 2 aliphatic heterocycles. The average molecular weight is 415 g/mol. The fourth-order valence-corrected chi connectivity index (χ4v) is 4.42. The van der Waals surface area contributed by atoms with E-state index in [2.05, 4.69) is 0 Å². The quantitative estimate of drug-likeness (QED) is 0.534. The zero-order valence-electron chi connectivity index (χ0n) is 18.4. The number of hydrogen-bond acceptors (Lipinski definition) is 8. The van der Waals surface area contributed by atoms with Gasteiger partial charge in [0.25, 0.3) is 0 Å². The van der Waals surface area contributed by atoms with Gasteiger partial charge in [-0.25, -0.2) is 0 Å². The van der Waals surface area contributed by atoms with Gasteiger partial charge in [0.1, 0.15) is 24.3 Å². The van der Waals surface area contributed by atoms with E-state index in [1.54, 1.807) is 13.8 Å². The van der Waals surface area contributed by atoms with Crippen LogP contribution in [0.5, 0.6) is 0 Å². The number of β-amino-alcohol motifs (C(OH)–C–C–N with tert-alkyl or cyclic N) is 2. The Bertz CT molecular complexity index is 555. The Morgan fingerprint density at radius 3 is 2.14 bits per heavy atom. The number of aliphatic hydroxyl groups is 2. The number of carbonyl (C=O) groups excluding carboxylic acids is 2. The number of esters is 2. The smallest absolute Gasteiger partial charge is 0.323 e. The SMILES string of the molecule is CC(O)CN1CC(C)OC(=O)C1C(C)CCCC(O)CN1CC(C)OC(=O)C1C. The van der Waals surface area contributed by atoms with E-state index >= 15 is 0 Å². The molecular weight excluding hydrogens is 376 g/mol. The minimum atomic E-state index is -0.533. The number of aliphatic hydroxyl groups excluding tert-OH is 2. The van der Waals surface area contributed by atoms with Crippen LogP contribution in [0, 0.1) is 5.92 Å². The van der Waals surface area contributed by atoms with Gasteiger partial charge in [-0.15, -0.1) is 0 Å². The number of ether oxygens (including phenoxy) is 2. The number of nitrogens with zero attached hydrogens (tertiary/aromatic N) is 2. The molecule has 7 unspecified atom stereocenters. The minimum absolute atomic E-state index is 0.0601. The molecular formula is C21H38N2O6. The van der Waals surface area contributed by atoms with Gasteiger partial charge in [-0.05, 0) is 46.5 Å². The molecule has 0 amide bonds. The maximum Gasteiger partial charge on any atom is 0.323 e. The van der Waals surface area contributed by atoms with Crippen molar-refractivity contribution >= 4 is 11.9 Å². The van der Waals surface area contributed by atoms with Crippen LogP contribution in [0.1, 0.15) is 53.9 Å². The molecule has 0 aromatic rings. The fourth-order valence-electron chi connectivity index (χ4n) is 4.42. The minimum Gasteiger partial charge on any atom is -0.460 e. The maximum atomic E-state index is 12.5. The third-order valence-electron chi connectivity index (χ3n) is 5.82. The Morgan fingerprint density at radius 2 is 1.52 bits per heavy atom. The highest BCUT2D eigenvalue weighted by Gasteiger charge is 2.38. The summed E-state index contributed by atoms with van der Waals surface area (Å²) in [7, 11) is 0. The lowest BCUT2D eigenvalue weighted by Gasteiger charge is -2.40. The number of cyclic esters (lactones) is 2. The number of rotatable bonds is 9. The second-order valence-electron chi connectivity index (χ2n) is 8.93. The van der Waals surface area contributed by atoms with Crippen molar-refractivity contribution in [1.82, 2.24) is 9.80 Å². The Hall–Kier alpha value is -1.22. The summed E-state index contributed by atoms with van der Waals surface area (Å²) in [5, 5.41) is 20.2. The van der Waals surface area contributed by atoms with Gasteiger partial charge in [0.2, 0.25) is 0 Å². The molecule has 29 heavy (non-hydrogen) atoms. The zero-order chi connectivity index (χ0) is 21.7.